The summed E-state index contributed by atoms with van der Waals surface area (Å²) >= 11 is 0. The molecule has 1 aromatic rings. The monoisotopic (exact) mass is 331 g/mol. The van der Waals surface area contributed by atoms with Gasteiger partial charge in [-0.1, -0.05) is 30.3 Å². The lowest BCUT2D eigenvalue weighted by atomic mass is 9.83. The van der Waals surface area contributed by atoms with E-state index in [1.807, 2.05) is 0 Å². The molecular formula is C19H29N3O2. The zero-order chi connectivity index (χ0) is 16.6. The summed E-state index contributed by atoms with van der Waals surface area (Å²) in [6.45, 7) is 7.36. The number of hydrogen-bond acceptors (Lipinski definition) is 5. The van der Waals surface area contributed by atoms with E-state index in [9.17, 15) is 5.11 Å². The molecule has 0 aromatic heterocycles. The zero-order valence-electron chi connectivity index (χ0n) is 14.3. The van der Waals surface area contributed by atoms with Gasteiger partial charge in [0.05, 0.1) is 11.6 Å². The highest BCUT2D eigenvalue weighted by Crippen LogP contribution is 2.39. The minimum Gasteiger partial charge on any atom is -0.396 e. The van der Waals surface area contributed by atoms with E-state index in [0.29, 0.717) is 6.04 Å². The smallest absolute Gasteiger partial charge is 0.0682 e. The first kappa shape index (κ1) is 16.5. The maximum Gasteiger partial charge on any atom is 0.0682 e. The van der Waals surface area contributed by atoms with Crippen molar-refractivity contribution in [2.75, 3.05) is 45.9 Å². The molecule has 0 aliphatic carbocycles. The van der Waals surface area contributed by atoms with Crippen LogP contribution in [0.15, 0.2) is 30.3 Å². The second-order valence-corrected chi connectivity index (χ2v) is 7.86. The van der Waals surface area contributed by atoms with Gasteiger partial charge in [0.25, 0.3) is 0 Å². The standard InChI is InChI=1S/C19H29N3O2/c23-8-4-7-20-11-17-9-18(24)12-22(17)19(13-20)14-21(15-19)10-16-5-2-1-3-6-16/h1-3,5-6,17-18,23-24H,4,7-15H2. The van der Waals surface area contributed by atoms with Crippen LogP contribution in [0.3, 0.4) is 0 Å². The first-order valence-corrected chi connectivity index (χ1v) is 9.23. The van der Waals surface area contributed by atoms with Gasteiger partial charge in [0.15, 0.2) is 0 Å². The number of aliphatic hydroxyl groups excluding tert-OH is 2. The minimum atomic E-state index is -0.173. The van der Waals surface area contributed by atoms with Crippen molar-refractivity contribution in [1.82, 2.24) is 14.7 Å². The molecule has 5 heteroatoms. The molecule has 3 aliphatic heterocycles. The fourth-order valence-corrected chi connectivity index (χ4v) is 5.00. The molecular weight excluding hydrogens is 302 g/mol. The molecule has 0 bridgehead atoms. The van der Waals surface area contributed by atoms with Gasteiger partial charge >= 0.3 is 0 Å². The average molecular weight is 331 g/mol. The van der Waals surface area contributed by atoms with Gasteiger partial charge in [-0.05, 0) is 18.4 Å². The molecule has 1 spiro atoms. The molecule has 1 aromatic carbocycles. The summed E-state index contributed by atoms with van der Waals surface area (Å²) in [6.07, 6.45) is 1.57. The average Bonchev–Trinajstić information content (AvgIpc) is 2.93. The number of β-amino-alcohol motifs (C(OH)–C–C–N with tert-alkyl or cyclic N) is 1. The Morgan fingerprint density at radius 2 is 1.79 bits per heavy atom. The number of piperazine rings is 1. The molecule has 0 amide bonds. The Labute approximate surface area is 144 Å². The predicted molar refractivity (Wildman–Crippen MR) is 93.7 cm³/mol. The van der Waals surface area contributed by atoms with E-state index in [4.69, 9.17) is 5.11 Å². The van der Waals surface area contributed by atoms with Crippen LogP contribution in [0.1, 0.15) is 18.4 Å². The van der Waals surface area contributed by atoms with E-state index in [1.165, 1.54) is 5.56 Å². The highest BCUT2D eigenvalue weighted by Gasteiger charge is 2.55. The molecule has 3 aliphatic rings. The van der Waals surface area contributed by atoms with Gasteiger partial charge in [0.1, 0.15) is 0 Å². The third-order valence-electron chi connectivity index (χ3n) is 5.91. The van der Waals surface area contributed by atoms with E-state index < -0.39 is 0 Å². The quantitative estimate of drug-likeness (QED) is 0.817. The van der Waals surface area contributed by atoms with E-state index in [2.05, 4.69) is 45.0 Å². The van der Waals surface area contributed by atoms with Crippen molar-refractivity contribution in [3.05, 3.63) is 35.9 Å². The first-order chi connectivity index (χ1) is 11.7. The number of rotatable bonds is 5. The zero-order valence-corrected chi connectivity index (χ0v) is 14.3. The largest absolute Gasteiger partial charge is 0.396 e. The van der Waals surface area contributed by atoms with E-state index in [0.717, 1.165) is 58.7 Å². The van der Waals surface area contributed by atoms with Gasteiger partial charge in [-0.2, -0.15) is 0 Å². The second-order valence-electron chi connectivity index (χ2n) is 7.86. The van der Waals surface area contributed by atoms with Crippen LogP contribution in [-0.4, -0.2) is 88.5 Å². The van der Waals surface area contributed by atoms with Crippen molar-refractivity contribution < 1.29 is 10.2 Å². The highest BCUT2D eigenvalue weighted by atomic mass is 16.3. The van der Waals surface area contributed by atoms with Gasteiger partial charge in [-0.15, -0.1) is 0 Å². The van der Waals surface area contributed by atoms with Gasteiger partial charge in [-0.3, -0.25) is 14.7 Å². The summed E-state index contributed by atoms with van der Waals surface area (Å²) < 4.78 is 0. The van der Waals surface area contributed by atoms with Crippen molar-refractivity contribution in [2.45, 2.75) is 37.1 Å². The summed E-state index contributed by atoms with van der Waals surface area (Å²) in [4.78, 5) is 7.62. The second kappa shape index (κ2) is 6.73. The minimum absolute atomic E-state index is 0.173. The Balaban J connectivity index is 1.42. The lowest BCUT2D eigenvalue weighted by molar-refractivity contribution is -0.116. The molecule has 2 unspecified atom stereocenters. The summed E-state index contributed by atoms with van der Waals surface area (Å²) in [7, 11) is 0. The molecule has 5 nitrogen and oxygen atoms in total. The fourth-order valence-electron chi connectivity index (χ4n) is 5.00. The summed E-state index contributed by atoms with van der Waals surface area (Å²) in [6, 6.07) is 11.1. The van der Waals surface area contributed by atoms with Gasteiger partial charge in [0, 0.05) is 58.5 Å². The topological polar surface area (TPSA) is 50.2 Å². The lowest BCUT2D eigenvalue weighted by Gasteiger charge is -2.61. The number of benzene rings is 1. The van der Waals surface area contributed by atoms with Crippen molar-refractivity contribution in [3.8, 4) is 0 Å². The van der Waals surface area contributed by atoms with Crippen LogP contribution >= 0.6 is 0 Å². The molecule has 4 rings (SSSR count). The van der Waals surface area contributed by atoms with Crippen LogP contribution in [0, 0.1) is 0 Å². The molecule has 3 fully saturated rings. The van der Waals surface area contributed by atoms with Gasteiger partial charge < -0.3 is 10.2 Å². The third kappa shape index (κ3) is 3.11. The normalized spacial score (nSPS) is 30.4. The van der Waals surface area contributed by atoms with Crippen molar-refractivity contribution in [2.24, 2.45) is 0 Å². The third-order valence-corrected chi connectivity index (χ3v) is 5.91. The van der Waals surface area contributed by atoms with Crippen molar-refractivity contribution in [1.29, 1.82) is 0 Å². The predicted octanol–water partition coefficient (Wildman–Crippen LogP) is 0.374. The first-order valence-electron chi connectivity index (χ1n) is 9.23. The summed E-state index contributed by atoms with van der Waals surface area (Å²) in [5.74, 6) is 0. The maximum absolute atomic E-state index is 10.2. The molecule has 132 valence electrons. The molecule has 0 radical (unpaired) electrons. The summed E-state index contributed by atoms with van der Waals surface area (Å²) in [5.41, 5.74) is 1.57. The number of hydrogen-bond donors (Lipinski definition) is 2. The van der Waals surface area contributed by atoms with Crippen LogP contribution in [0.25, 0.3) is 0 Å². The Bertz CT molecular complexity index is 547. The summed E-state index contributed by atoms with van der Waals surface area (Å²) in [5, 5.41) is 19.3. The molecule has 2 atom stereocenters. The lowest BCUT2D eigenvalue weighted by Crippen LogP contribution is -2.77. The number of aliphatic hydroxyl groups is 2. The SMILES string of the molecule is OCCCN1CC2CC(O)CN2C2(C1)CN(Cc1ccccc1)C2. The van der Waals surface area contributed by atoms with Crippen LogP contribution in [0.4, 0.5) is 0 Å². The van der Waals surface area contributed by atoms with Crippen LogP contribution in [0.2, 0.25) is 0 Å². The Kier molecular flexibility index (Phi) is 4.62. The molecule has 0 saturated carbocycles. The van der Waals surface area contributed by atoms with Crippen molar-refractivity contribution >= 4 is 0 Å². The maximum atomic E-state index is 10.2. The van der Waals surface area contributed by atoms with E-state index >= 15 is 0 Å². The molecule has 3 heterocycles. The number of likely N-dealkylation sites (tertiary alicyclic amines) is 1. The Morgan fingerprint density at radius 3 is 2.54 bits per heavy atom. The number of nitrogens with zero attached hydrogens (tertiary/aromatic N) is 3. The van der Waals surface area contributed by atoms with Crippen LogP contribution < -0.4 is 0 Å². The van der Waals surface area contributed by atoms with Crippen LogP contribution in [0.5, 0.6) is 0 Å². The van der Waals surface area contributed by atoms with E-state index in [1.54, 1.807) is 0 Å². The molecule has 2 N–H and O–H groups in total. The molecule has 3 saturated heterocycles. The van der Waals surface area contributed by atoms with Crippen LogP contribution in [-0.2, 0) is 6.54 Å². The Hall–Kier alpha value is -0.980. The number of fused-ring (bicyclic) bond motifs is 2. The molecule has 24 heavy (non-hydrogen) atoms. The van der Waals surface area contributed by atoms with E-state index in [-0.39, 0.29) is 18.2 Å². The fraction of sp³-hybridized carbons (Fsp3) is 0.684. The van der Waals surface area contributed by atoms with Crippen molar-refractivity contribution in [3.63, 3.8) is 0 Å². The van der Waals surface area contributed by atoms with Gasteiger partial charge in [0.2, 0.25) is 0 Å². The highest BCUT2D eigenvalue weighted by molar-refractivity contribution is 5.18. The van der Waals surface area contributed by atoms with Gasteiger partial charge in [-0.25, -0.2) is 0 Å². The Morgan fingerprint density at radius 1 is 1.04 bits per heavy atom.